The molecule has 1 amide bonds. The SMILES string of the molecule is Cc1cc(C)n(-c2cccc(C(O)C(O)CNC(=O)OC(C)(C)C)c2)n1. The number of carbonyl (C=O) groups is 1. The highest BCUT2D eigenvalue weighted by Crippen LogP contribution is 2.21. The lowest BCUT2D eigenvalue weighted by Crippen LogP contribution is -2.38. The van der Waals surface area contributed by atoms with Gasteiger partial charge in [0.05, 0.1) is 11.4 Å². The van der Waals surface area contributed by atoms with Gasteiger partial charge in [-0.1, -0.05) is 12.1 Å². The predicted octanol–water partition coefficient (Wildman–Crippen LogP) is 2.41. The van der Waals surface area contributed by atoms with Crippen LogP contribution in [0.2, 0.25) is 0 Å². The van der Waals surface area contributed by atoms with Gasteiger partial charge in [-0.05, 0) is 58.4 Å². The van der Waals surface area contributed by atoms with Crippen molar-refractivity contribution in [3.63, 3.8) is 0 Å². The first-order chi connectivity index (χ1) is 12.1. The highest BCUT2D eigenvalue weighted by atomic mass is 16.6. The monoisotopic (exact) mass is 361 g/mol. The lowest BCUT2D eigenvalue weighted by atomic mass is 10.0. The van der Waals surface area contributed by atoms with Gasteiger partial charge in [0.1, 0.15) is 17.8 Å². The summed E-state index contributed by atoms with van der Waals surface area (Å²) in [5.41, 5.74) is 2.58. The fourth-order valence-electron chi connectivity index (χ4n) is 2.57. The molecule has 7 heteroatoms. The zero-order valence-corrected chi connectivity index (χ0v) is 15.9. The van der Waals surface area contributed by atoms with Crippen molar-refractivity contribution in [2.45, 2.75) is 52.4 Å². The van der Waals surface area contributed by atoms with E-state index in [0.29, 0.717) is 5.56 Å². The Balaban J connectivity index is 2.05. The first-order valence-corrected chi connectivity index (χ1v) is 8.53. The Morgan fingerprint density at radius 3 is 2.54 bits per heavy atom. The van der Waals surface area contributed by atoms with Crippen LogP contribution >= 0.6 is 0 Å². The van der Waals surface area contributed by atoms with E-state index in [1.807, 2.05) is 26.0 Å². The van der Waals surface area contributed by atoms with E-state index < -0.39 is 23.9 Å². The highest BCUT2D eigenvalue weighted by Gasteiger charge is 2.22. The molecule has 1 aromatic heterocycles. The molecule has 0 saturated heterocycles. The van der Waals surface area contributed by atoms with Gasteiger partial charge in [-0.25, -0.2) is 9.48 Å². The number of benzene rings is 1. The van der Waals surface area contributed by atoms with Gasteiger partial charge in [-0.3, -0.25) is 0 Å². The fourth-order valence-corrected chi connectivity index (χ4v) is 2.57. The lowest BCUT2D eigenvalue weighted by molar-refractivity contribution is 0.0129. The predicted molar refractivity (Wildman–Crippen MR) is 98.2 cm³/mol. The van der Waals surface area contributed by atoms with Crippen LogP contribution < -0.4 is 5.32 Å². The molecular weight excluding hydrogens is 334 g/mol. The van der Waals surface area contributed by atoms with Gasteiger partial charge in [-0.15, -0.1) is 0 Å². The van der Waals surface area contributed by atoms with Crippen LogP contribution in [0.3, 0.4) is 0 Å². The van der Waals surface area contributed by atoms with Crippen molar-refractivity contribution in [1.82, 2.24) is 15.1 Å². The molecule has 0 aliphatic rings. The summed E-state index contributed by atoms with van der Waals surface area (Å²) >= 11 is 0. The summed E-state index contributed by atoms with van der Waals surface area (Å²) in [6, 6.07) is 9.11. The summed E-state index contributed by atoms with van der Waals surface area (Å²) in [6.07, 6.45) is -2.96. The van der Waals surface area contributed by atoms with E-state index >= 15 is 0 Å². The Labute approximate surface area is 153 Å². The van der Waals surface area contributed by atoms with Gasteiger partial charge < -0.3 is 20.3 Å². The molecular formula is C19H27N3O4. The van der Waals surface area contributed by atoms with Crippen molar-refractivity contribution < 1.29 is 19.7 Å². The summed E-state index contributed by atoms with van der Waals surface area (Å²) in [6.45, 7) is 8.99. The number of hydrogen-bond acceptors (Lipinski definition) is 5. The molecule has 0 saturated carbocycles. The quantitative estimate of drug-likeness (QED) is 0.760. The molecule has 2 rings (SSSR count). The maximum absolute atomic E-state index is 11.7. The standard InChI is InChI=1S/C19H27N3O4/c1-12-9-13(2)22(21-12)15-8-6-7-14(10-15)17(24)16(23)11-20-18(25)26-19(3,4)5/h6-10,16-17,23-24H,11H2,1-5H3,(H,20,25). The molecule has 0 fully saturated rings. The largest absolute Gasteiger partial charge is 0.444 e. The summed E-state index contributed by atoms with van der Waals surface area (Å²) in [5, 5.41) is 27.5. The Morgan fingerprint density at radius 2 is 1.96 bits per heavy atom. The van der Waals surface area contributed by atoms with Crippen LogP contribution in [0.1, 0.15) is 43.8 Å². The smallest absolute Gasteiger partial charge is 0.407 e. The minimum absolute atomic E-state index is 0.125. The molecule has 2 aromatic rings. The fraction of sp³-hybridized carbons (Fsp3) is 0.474. The minimum atomic E-state index is -1.17. The number of aromatic nitrogens is 2. The van der Waals surface area contributed by atoms with Crippen molar-refractivity contribution in [3.8, 4) is 5.69 Å². The number of hydrogen-bond donors (Lipinski definition) is 3. The summed E-state index contributed by atoms with van der Waals surface area (Å²) < 4.78 is 6.89. The summed E-state index contributed by atoms with van der Waals surface area (Å²) in [5.74, 6) is 0. The minimum Gasteiger partial charge on any atom is -0.444 e. The van der Waals surface area contributed by atoms with Crippen LogP contribution in [0.25, 0.3) is 5.69 Å². The van der Waals surface area contributed by atoms with Gasteiger partial charge >= 0.3 is 6.09 Å². The summed E-state index contributed by atoms with van der Waals surface area (Å²) in [4.78, 5) is 11.7. The number of nitrogens with one attached hydrogen (secondary N) is 1. The lowest BCUT2D eigenvalue weighted by Gasteiger charge is -2.22. The van der Waals surface area contributed by atoms with E-state index in [9.17, 15) is 15.0 Å². The highest BCUT2D eigenvalue weighted by molar-refractivity contribution is 5.67. The number of nitrogens with zero attached hydrogens (tertiary/aromatic N) is 2. The topological polar surface area (TPSA) is 96.6 Å². The number of aliphatic hydroxyl groups excluding tert-OH is 2. The average molecular weight is 361 g/mol. The van der Waals surface area contributed by atoms with Gasteiger partial charge in [-0.2, -0.15) is 5.10 Å². The molecule has 7 nitrogen and oxygen atoms in total. The van der Waals surface area contributed by atoms with Crippen molar-refractivity contribution >= 4 is 6.09 Å². The van der Waals surface area contributed by atoms with Crippen molar-refractivity contribution in [1.29, 1.82) is 0 Å². The molecule has 26 heavy (non-hydrogen) atoms. The second-order valence-electron chi connectivity index (χ2n) is 7.33. The third-order valence-electron chi connectivity index (χ3n) is 3.68. The molecule has 0 bridgehead atoms. The van der Waals surface area contributed by atoms with E-state index in [-0.39, 0.29) is 6.54 Å². The Hall–Kier alpha value is -2.38. The van der Waals surface area contributed by atoms with Gasteiger partial charge in [0.15, 0.2) is 0 Å². The van der Waals surface area contributed by atoms with Crippen molar-refractivity contribution in [2.75, 3.05) is 6.54 Å². The number of alkyl carbamates (subject to hydrolysis) is 1. The zero-order chi connectivity index (χ0) is 19.5. The average Bonchev–Trinajstić information content (AvgIpc) is 2.89. The third kappa shape index (κ3) is 5.31. The number of aliphatic hydroxyl groups is 2. The molecule has 1 aromatic carbocycles. The summed E-state index contributed by atoms with van der Waals surface area (Å²) in [7, 11) is 0. The normalized spacial score (nSPS) is 14.0. The second kappa shape index (κ2) is 7.88. The van der Waals surface area contributed by atoms with Gasteiger partial charge in [0.2, 0.25) is 0 Å². The molecule has 0 radical (unpaired) electrons. The molecule has 2 unspecified atom stereocenters. The first kappa shape index (κ1) is 19.9. The van der Waals surface area contributed by atoms with Crippen LogP contribution in [0.4, 0.5) is 4.79 Å². The zero-order valence-electron chi connectivity index (χ0n) is 15.9. The number of carbonyl (C=O) groups excluding carboxylic acids is 1. The van der Waals surface area contributed by atoms with E-state index in [1.165, 1.54) is 0 Å². The second-order valence-corrected chi connectivity index (χ2v) is 7.33. The number of amides is 1. The first-order valence-electron chi connectivity index (χ1n) is 8.53. The molecule has 0 spiro atoms. The van der Waals surface area contributed by atoms with E-state index in [4.69, 9.17) is 4.74 Å². The number of aryl methyl sites for hydroxylation is 2. The van der Waals surface area contributed by atoms with Crippen molar-refractivity contribution in [2.24, 2.45) is 0 Å². The molecule has 3 N–H and O–H groups in total. The van der Waals surface area contributed by atoms with E-state index in [2.05, 4.69) is 10.4 Å². The van der Waals surface area contributed by atoms with Crippen LogP contribution in [-0.2, 0) is 4.74 Å². The van der Waals surface area contributed by atoms with E-state index in [1.54, 1.807) is 43.7 Å². The number of ether oxygens (including phenoxy) is 1. The Kier molecular flexibility index (Phi) is 6.05. The maximum Gasteiger partial charge on any atom is 0.407 e. The van der Waals surface area contributed by atoms with Crippen LogP contribution in [-0.4, -0.2) is 44.3 Å². The van der Waals surface area contributed by atoms with Crippen LogP contribution in [0, 0.1) is 13.8 Å². The maximum atomic E-state index is 11.7. The molecule has 0 aliphatic carbocycles. The molecule has 1 heterocycles. The Bertz CT molecular complexity index is 764. The van der Waals surface area contributed by atoms with E-state index in [0.717, 1.165) is 17.1 Å². The van der Waals surface area contributed by atoms with Crippen molar-refractivity contribution in [3.05, 3.63) is 47.3 Å². The van der Waals surface area contributed by atoms with Crippen LogP contribution in [0.5, 0.6) is 0 Å². The third-order valence-corrected chi connectivity index (χ3v) is 3.68. The Morgan fingerprint density at radius 1 is 1.27 bits per heavy atom. The number of rotatable bonds is 5. The van der Waals surface area contributed by atoms with Crippen LogP contribution in [0.15, 0.2) is 30.3 Å². The molecule has 142 valence electrons. The van der Waals surface area contributed by atoms with Gasteiger partial charge in [0.25, 0.3) is 0 Å². The molecule has 2 atom stereocenters. The van der Waals surface area contributed by atoms with Gasteiger partial charge in [0, 0.05) is 12.2 Å². The molecule has 0 aliphatic heterocycles.